The number of nitrogens with zero attached hydrogens (tertiary/aromatic N) is 2. The summed E-state index contributed by atoms with van der Waals surface area (Å²) in [7, 11) is 1.57. The molecule has 0 fully saturated rings. The van der Waals surface area contributed by atoms with Crippen molar-refractivity contribution in [1.82, 2.24) is 10.1 Å². The van der Waals surface area contributed by atoms with Crippen LogP contribution in [-0.4, -0.2) is 29.8 Å². The molecular formula is C18H15ClN2O5. The molecule has 26 heavy (non-hydrogen) atoms. The predicted molar refractivity (Wildman–Crippen MR) is 93.0 cm³/mol. The molecule has 0 N–H and O–H groups in total. The van der Waals surface area contributed by atoms with Crippen molar-refractivity contribution < 1.29 is 23.5 Å². The molecule has 0 aliphatic heterocycles. The number of benzene rings is 2. The Labute approximate surface area is 154 Å². The van der Waals surface area contributed by atoms with Crippen molar-refractivity contribution in [2.45, 2.75) is 6.61 Å². The van der Waals surface area contributed by atoms with Gasteiger partial charge in [-0.2, -0.15) is 4.98 Å². The second kappa shape index (κ2) is 8.35. The third-order valence-corrected chi connectivity index (χ3v) is 3.60. The number of esters is 1. The Morgan fingerprint density at radius 3 is 2.46 bits per heavy atom. The van der Waals surface area contributed by atoms with Crippen LogP contribution < -0.4 is 9.47 Å². The van der Waals surface area contributed by atoms with Crippen molar-refractivity contribution in [2.24, 2.45) is 0 Å². The van der Waals surface area contributed by atoms with E-state index < -0.39 is 5.97 Å². The summed E-state index contributed by atoms with van der Waals surface area (Å²) >= 11 is 5.84. The number of hydrogen-bond donors (Lipinski definition) is 0. The van der Waals surface area contributed by atoms with E-state index in [1.165, 1.54) is 0 Å². The van der Waals surface area contributed by atoms with Crippen molar-refractivity contribution in [3.63, 3.8) is 0 Å². The Balaban J connectivity index is 1.47. The summed E-state index contributed by atoms with van der Waals surface area (Å²) in [6, 6.07) is 13.9. The molecule has 3 aromatic rings. The van der Waals surface area contributed by atoms with Gasteiger partial charge in [-0.05, 0) is 48.5 Å². The largest absolute Gasteiger partial charge is 0.497 e. The first-order chi connectivity index (χ1) is 12.6. The van der Waals surface area contributed by atoms with Gasteiger partial charge in [-0.3, -0.25) is 0 Å². The molecule has 0 saturated heterocycles. The summed E-state index contributed by atoms with van der Waals surface area (Å²) < 4.78 is 20.5. The number of ether oxygens (including phenoxy) is 3. The highest BCUT2D eigenvalue weighted by Gasteiger charge is 2.11. The maximum atomic E-state index is 11.8. The van der Waals surface area contributed by atoms with Crippen molar-refractivity contribution >= 4 is 17.6 Å². The van der Waals surface area contributed by atoms with Crippen LogP contribution in [0.4, 0.5) is 0 Å². The summed E-state index contributed by atoms with van der Waals surface area (Å²) in [5.74, 6) is 1.26. The number of methoxy groups -OCH3 is 1. The molecule has 1 aromatic heterocycles. The summed E-state index contributed by atoms with van der Waals surface area (Å²) in [5, 5.41) is 4.45. The van der Waals surface area contributed by atoms with E-state index in [9.17, 15) is 4.79 Å². The lowest BCUT2D eigenvalue weighted by Gasteiger charge is -2.06. The highest BCUT2D eigenvalue weighted by atomic mass is 35.5. The predicted octanol–water partition coefficient (Wildman–Crippen LogP) is 3.52. The van der Waals surface area contributed by atoms with Gasteiger partial charge in [-0.15, -0.1) is 0 Å². The van der Waals surface area contributed by atoms with E-state index in [2.05, 4.69) is 10.1 Å². The molecule has 1 heterocycles. The summed E-state index contributed by atoms with van der Waals surface area (Å²) in [6.45, 7) is -0.365. The second-order valence-electron chi connectivity index (χ2n) is 5.14. The zero-order valence-corrected chi connectivity index (χ0v) is 14.6. The highest BCUT2D eigenvalue weighted by molar-refractivity contribution is 6.30. The van der Waals surface area contributed by atoms with Crippen LogP contribution >= 0.6 is 11.6 Å². The molecule has 7 nitrogen and oxygen atoms in total. The Bertz CT molecular complexity index is 862. The zero-order chi connectivity index (χ0) is 18.4. The number of hydrogen-bond acceptors (Lipinski definition) is 7. The van der Waals surface area contributed by atoms with Crippen molar-refractivity contribution in [3.05, 3.63) is 59.4 Å². The minimum atomic E-state index is -0.549. The van der Waals surface area contributed by atoms with Gasteiger partial charge in [-0.1, -0.05) is 16.8 Å². The maximum absolute atomic E-state index is 11.8. The number of rotatable bonds is 7. The average molecular weight is 375 g/mol. The van der Waals surface area contributed by atoms with Crippen LogP contribution in [0.2, 0.25) is 5.02 Å². The van der Waals surface area contributed by atoms with Gasteiger partial charge in [-0.25, -0.2) is 4.79 Å². The first-order valence-corrected chi connectivity index (χ1v) is 8.03. The Hall–Kier alpha value is -3.06. The lowest BCUT2D eigenvalue weighted by Crippen LogP contribution is -2.14. The van der Waals surface area contributed by atoms with Crippen LogP contribution in [0.3, 0.4) is 0 Å². The molecule has 0 atom stereocenters. The lowest BCUT2D eigenvalue weighted by molar-refractivity contribution is -0.148. The van der Waals surface area contributed by atoms with Gasteiger partial charge < -0.3 is 18.7 Å². The third-order valence-electron chi connectivity index (χ3n) is 3.34. The second-order valence-corrected chi connectivity index (χ2v) is 5.58. The first-order valence-electron chi connectivity index (χ1n) is 7.65. The standard InChI is InChI=1S/C18H15ClN2O5/c1-23-14-6-8-15(9-7-14)24-11-17(22)25-10-16-20-18(21-26-16)12-2-4-13(19)5-3-12/h2-9H,10-11H2,1H3. The Kier molecular flexibility index (Phi) is 5.70. The van der Waals surface area contributed by atoms with Gasteiger partial charge in [0.25, 0.3) is 5.89 Å². The third kappa shape index (κ3) is 4.73. The van der Waals surface area contributed by atoms with Gasteiger partial charge in [0, 0.05) is 10.6 Å². The number of aromatic nitrogens is 2. The monoisotopic (exact) mass is 374 g/mol. The summed E-state index contributed by atoms with van der Waals surface area (Å²) in [4.78, 5) is 15.9. The minimum absolute atomic E-state index is 0.134. The summed E-state index contributed by atoms with van der Waals surface area (Å²) in [6.07, 6.45) is 0. The van der Waals surface area contributed by atoms with Crippen molar-refractivity contribution in [3.8, 4) is 22.9 Å². The van der Waals surface area contributed by atoms with E-state index in [1.807, 2.05) is 0 Å². The minimum Gasteiger partial charge on any atom is -0.497 e. The van der Waals surface area contributed by atoms with Crippen LogP contribution in [0, 0.1) is 0 Å². The molecule has 0 aliphatic carbocycles. The molecule has 134 valence electrons. The molecule has 3 rings (SSSR count). The van der Waals surface area contributed by atoms with Gasteiger partial charge in [0.1, 0.15) is 11.5 Å². The fourth-order valence-electron chi connectivity index (χ4n) is 2.03. The van der Waals surface area contributed by atoms with E-state index in [1.54, 1.807) is 55.6 Å². The van der Waals surface area contributed by atoms with Crippen LogP contribution in [-0.2, 0) is 16.1 Å². The fourth-order valence-corrected chi connectivity index (χ4v) is 2.15. The Morgan fingerprint density at radius 2 is 1.77 bits per heavy atom. The van der Waals surface area contributed by atoms with Crippen LogP contribution in [0.25, 0.3) is 11.4 Å². The van der Waals surface area contributed by atoms with Crippen LogP contribution in [0.15, 0.2) is 53.1 Å². The number of carbonyl (C=O) groups excluding carboxylic acids is 1. The molecular weight excluding hydrogens is 360 g/mol. The fraction of sp³-hybridized carbons (Fsp3) is 0.167. The quantitative estimate of drug-likeness (QED) is 0.585. The molecule has 8 heteroatoms. The van der Waals surface area contributed by atoms with Gasteiger partial charge in [0.15, 0.2) is 13.2 Å². The number of carbonyl (C=O) groups is 1. The number of halogens is 1. The van der Waals surface area contributed by atoms with Gasteiger partial charge in [0.2, 0.25) is 5.82 Å². The first kappa shape index (κ1) is 17.8. The van der Waals surface area contributed by atoms with Crippen LogP contribution in [0.5, 0.6) is 11.5 Å². The molecule has 0 amide bonds. The van der Waals surface area contributed by atoms with E-state index >= 15 is 0 Å². The Morgan fingerprint density at radius 1 is 1.08 bits per heavy atom. The van der Waals surface area contributed by atoms with E-state index in [0.717, 1.165) is 5.56 Å². The summed E-state index contributed by atoms with van der Waals surface area (Å²) in [5.41, 5.74) is 0.749. The molecule has 0 unspecified atom stereocenters. The lowest BCUT2D eigenvalue weighted by atomic mass is 10.2. The van der Waals surface area contributed by atoms with E-state index in [0.29, 0.717) is 22.3 Å². The average Bonchev–Trinajstić information content (AvgIpc) is 3.14. The van der Waals surface area contributed by atoms with Crippen molar-refractivity contribution in [1.29, 1.82) is 0 Å². The normalized spacial score (nSPS) is 10.4. The van der Waals surface area contributed by atoms with E-state index in [4.69, 9.17) is 30.3 Å². The maximum Gasteiger partial charge on any atom is 0.344 e. The topological polar surface area (TPSA) is 83.7 Å². The molecule has 2 aromatic carbocycles. The molecule has 0 aliphatic rings. The molecule has 0 bridgehead atoms. The smallest absolute Gasteiger partial charge is 0.344 e. The van der Waals surface area contributed by atoms with Gasteiger partial charge in [0.05, 0.1) is 7.11 Å². The van der Waals surface area contributed by atoms with Gasteiger partial charge >= 0.3 is 5.97 Å². The molecule has 0 radical (unpaired) electrons. The molecule has 0 spiro atoms. The van der Waals surface area contributed by atoms with Crippen LogP contribution in [0.1, 0.15) is 5.89 Å². The van der Waals surface area contributed by atoms with Crippen molar-refractivity contribution in [2.75, 3.05) is 13.7 Å². The zero-order valence-electron chi connectivity index (χ0n) is 13.8. The van der Waals surface area contributed by atoms with E-state index in [-0.39, 0.29) is 19.1 Å². The molecule has 0 saturated carbocycles. The SMILES string of the molecule is COc1ccc(OCC(=O)OCc2nc(-c3ccc(Cl)cc3)no2)cc1. The highest BCUT2D eigenvalue weighted by Crippen LogP contribution is 2.19.